The van der Waals surface area contributed by atoms with Crippen molar-refractivity contribution in [3.63, 3.8) is 0 Å². The van der Waals surface area contributed by atoms with E-state index >= 15 is 0 Å². The van der Waals surface area contributed by atoms with Gasteiger partial charge in [0.25, 0.3) is 11.8 Å². The van der Waals surface area contributed by atoms with Crippen molar-refractivity contribution in [2.45, 2.75) is 18.3 Å². The second kappa shape index (κ2) is 7.74. The number of hydrogen-bond donors (Lipinski definition) is 1. The van der Waals surface area contributed by atoms with Crippen LogP contribution in [0.25, 0.3) is 0 Å². The van der Waals surface area contributed by atoms with Gasteiger partial charge in [-0.05, 0) is 24.3 Å². The highest BCUT2D eigenvalue weighted by molar-refractivity contribution is 8.00. The maximum Gasteiger partial charge on any atom is 0.302 e. The molecule has 2 heterocycles. The molecule has 0 unspecified atom stereocenters. The number of carbonyl (C=O) groups excluding carboxylic acids is 4. The zero-order valence-electron chi connectivity index (χ0n) is 14.6. The molecule has 1 aromatic carbocycles. The van der Waals surface area contributed by atoms with Gasteiger partial charge in [0.15, 0.2) is 0 Å². The summed E-state index contributed by atoms with van der Waals surface area (Å²) in [6.07, 6.45) is 0. The molecule has 9 nitrogen and oxygen atoms in total. The van der Waals surface area contributed by atoms with Crippen LogP contribution in [0.4, 0.5) is 0 Å². The Balaban J connectivity index is 1.74. The molecular weight excluding hydrogens is 386 g/mol. The molecule has 1 N–H and O–H groups in total. The van der Waals surface area contributed by atoms with Crippen LogP contribution in [0.15, 0.2) is 35.5 Å². The Kier molecular flexibility index (Phi) is 5.37. The maximum absolute atomic E-state index is 12.5. The van der Waals surface area contributed by atoms with Gasteiger partial charge >= 0.3 is 5.97 Å². The Morgan fingerprint density at radius 3 is 2.61 bits per heavy atom. The number of nitrogens with zero attached hydrogens (tertiary/aromatic N) is 2. The number of ether oxygens (including phenoxy) is 1. The quantitative estimate of drug-likeness (QED) is 0.497. The average molecular weight is 400 g/mol. The van der Waals surface area contributed by atoms with Gasteiger partial charge in [-0.15, -0.1) is 11.8 Å². The maximum atomic E-state index is 12.5. The molecule has 0 radical (unpaired) electrons. The summed E-state index contributed by atoms with van der Waals surface area (Å²) in [6, 6.07) is 6.95. The number of esters is 1. The summed E-state index contributed by atoms with van der Waals surface area (Å²) in [5.74, 6) is -2.99. The average Bonchev–Trinajstić information content (AvgIpc) is 2.69. The minimum absolute atomic E-state index is 0.217. The third kappa shape index (κ3) is 3.57. The number of benzene rings is 1. The van der Waals surface area contributed by atoms with E-state index in [1.54, 1.807) is 0 Å². The second-order valence-electron chi connectivity index (χ2n) is 6.07. The largest absolute Gasteiger partial charge is 0.543 e. The number of carboxylic acids is 1. The first-order chi connectivity index (χ1) is 13.3. The minimum atomic E-state index is -1.54. The van der Waals surface area contributed by atoms with Gasteiger partial charge in [0, 0.05) is 23.8 Å². The number of hydrogen-bond acceptors (Lipinski definition) is 8. The van der Waals surface area contributed by atoms with Crippen molar-refractivity contribution < 1.29 is 29.0 Å². The van der Waals surface area contributed by atoms with Crippen LogP contribution >= 0.6 is 11.8 Å². The minimum Gasteiger partial charge on any atom is -0.543 e. The van der Waals surface area contributed by atoms with Crippen LogP contribution in [0.3, 0.4) is 0 Å². The van der Waals surface area contributed by atoms with Crippen molar-refractivity contribution in [1.82, 2.24) is 10.2 Å². The van der Waals surface area contributed by atoms with Crippen LogP contribution in [-0.4, -0.2) is 52.4 Å². The summed E-state index contributed by atoms with van der Waals surface area (Å²) in [7, 11) is 0. The number of amides is 2. The number of rotatable bonds is 5. The third-order valence-corrected chi connectivity index (χ3v) is 5.59. The summed E-state index contributed by atoms with van der Waals surface area (Å²) in [5.41, 5.74) is 0.618. The predicted octanol–water partition coefficient (Wildman–Crippen LogP) is -0.861. The highest BCUT2D eigenvalue weighted by atomic mass is 32.2. The van der Waals surface area contributed by atoms with Gasteiger partial charge in [0.05, 0.1) is 23.3 Å². The van der Waals surface area contributed by atoms with E-state index in [0.29, 0.717) is 5.56 Å². The van der Waals surface area contributed by atoms with Crippen molar-refractivity contribution in [1.29, 1.82) is 5.26 Å². The fourth-order valence-electron chi connectivity index (χ4n) is 2.89. The SMILES string of the molecule is CC(=O)OCC1=C(C(=O)[O-])N2C(=O)[C@@H](NC(=O)c3ccc(C#N)cc3)[C@H]2SC1. The molecule has 2 atom stereocenters. The lowest BCUT2D eigenvalue weighted by atomic mass is 10.0. The molecule has 0 aliphatic carbocycles. The number of nitriles is 1. The third-order valence-electron chi connectivity index (χ3n) is 4.25. The summed E-state index contributed by atoms with van der Waals surface area (Å²) < 4.78 is 4.84. The van der Waals surface area contributed by atoms with Crippen molar-refractivity contribution >= 4 is 35.5 Å². The van der Waals surface area contributed by atoms with Crippen molar-refractivity contribution in [2.75, 3.05) is 12.4 Å². The van der Waals surface area contributed by atoms with E-state index in [2.05, 4.69) is 5.32 Å². The van der Waals surface area contributed by atoms with Crippen LogP contribution in [-0.2, 0) is 19.1 Å². The number of fused-ring (bicyclic) bond motifs is 1. The van der Waals surface area contributed by atoms with E-state index < -0.39 is 35.2 Å². The van der Waals surface area contributed by atoms with E-state index in [9.17, 15) is 24.3 Å². The fraction of sp³-hybridized carbons (Fsp3) is 0.278. The Morgan fingerprint density at radius 1 is 1.36 bits per heavy atom. The van der Waals surface area contributed by atoms with E-state index in [0.717, 1.165) is 4.90 Å². The molecule has 3 rings (SSSR count). The molecule has 28 heavy (non-hydrogen) atoms. The van der Waals surface area contributed by atoms with Gasteiger partial charge in [-0.2, -0.15) is 5.26 Å². The number of thioether (sulfide) groups is 1. The first-order valence-electron chi connectivity index (χ1n) is 8.16. The van der Waals surface area contributed by atoms with E-state index in [1.807, 2.05) is 6.07 Å². The summed E-state index contributed by atoms with van der Waals surface area (Å²) in [6.45, 7) is 0.950. The molecule has 2 amide bonds. The lowest BCUT2D eigenvalue weighted by Crippen LogP contribution is -2.71. The van der Waals surface area contributed by atoms with Crippen LogP contribution in [0.2, 0.25) is 0 Å². The molecule has 1 fully saturated rings. The molecule has 144 valence electrons. The van der Waals surface area contributed by atoms with Crippen molar-refractivity contribution in [3.8, 4) is 6.07 Å². The highest BCUT2D eigenvalue weighted by Gasteiger charge is 2.52. The van der Waals surface area contributed by atoms with Gasteiger partial charge in [0.1, 0.15) is 18.0 Å². The second-order valence-corrected chi connectivity index (χ2v) is 7.17. The van der Waals surface area contributed by atoms with Crippen molar-refractivity contribution in [2.24, 2.45) is 0 Å². The number of aliphatic carboxylic acids is 1. The van der Waals surface area contributed by atoms with E-state index in [4.69, 9.17) is 10.00 Å². The Hall–Kier alpha value is -3.32. The zero-order valence-corrected chi connectivity index (χ0v) is 15.4. The number of nitrogens with one attached hydrogen (secondary N) is 1. The summed E-state index contributed by atoms with van der Waals surface area (Å²) >= 11 is 1.26. The van der Waals surface area contributed by atoms with Crippen LogP contribution < -0.4 is 10.4 Å². The van der Waals surface area contributed by atoms with Gasteiger partial charge < -0.3 is 20.0 Å². The number of carbonyl (C=O) groups is 4. The molecule has 1 aromatic rings. The van der Waals surface area contributed by atoms with Gasteiger partial charge in [0.2, 0.25) is 0 Å². The smallest absolute Gasteiger partial charge is 0.302 e. The summed E-state index contributed by atoms with van der Waals surface area (Å²) in [5, 5.41) is 22.3. The zero-order chi connectivity index (χ0) is 20.4. The molecule has 2 aliphatic rings. The monoisotopic (exact) mass is 400 g/mol. The van der Waals surface area contributed by atoms with Crippen LogP contribution in [0.5, 0.6) is 0 Å². The normalized spacial score (nSPS) is 20.6. The molecule has 0 bridgehead atoms. The van der Waals surface area contributed by atoms with Crippen LogP contribution in [0, 0.1) is 11.3 Å². The molecular formula is C18H14N3O6S-. The number of carboxylic acid groups (broad SMARTS) is 1. The Bertz CT molecular complexity index is 934. The Labute approximate surface area is 163 Å². The Morgan fingerprint density at radius 2 is 2.04 bits per heavy atom. The van der Waals surface area contributed by atoms with Crippen molar-refractivity contribution in [3.05, 3.63) is 46.7 Å². The lowest BCUT2D eigenvalue weighted by molar-refractivity contribution is -0.301. The van der Waals surface area contributed by atoms with Gasteiger partial charge in [-0.3, -0.25) is 19.3 Å². The fourth-order valence-corrected chi connectivity index (χ4v) is 4.22. The first kappa shape index (κ1) is 19.4. The first-order valence-corrected chi connectivity index (χ1v) is 9.20. The molecule has 1 saturated heterocycles. The van der Waals surface area contributed by atoms with Crippen LogP contribution in [0.1, 0.15) is 22.8 Å². The lowest BCUT2D eigenvalue weighted by Gasteiger charge is -2.50. The number of β-lactam (4-membered cyclic amide) rings is 1. The molecule has 2 aliphatic heterocycles. The highest BCUT2D eigenvalue weighted by Crippen LogP contribution is 2.40. The summed E-state index contributed by atoms with van der Waals surface area (Å²) in [4.78, 5) is 48.4. The molecule has 0 saturated carbocycles. The van der Waals surface area contributed by atoms with E-state index in [1.165, 1.54) is 43.0 Å². The van der Waals surface area contributed by atoms with Gasteiger partial charge in [-0.1, -0.05) is 0 Å². The molecule has 0 spiro atoms. The predicted molar refractivity (Wildman–Crippen MR) is 94.2 cm³/mol. The van der Waals surface area contributed by atoms with E-state index in [-0.39, 0.29) is 29.2 Å². The molecule has 0 aromatic heterocycles. The molecule has 10 heteroatoms. The van der Waals surface area contributed by atoms with Gasteiger partial charge in [-0.25, -0.2) is 0 Å². The standard InChI is InChI=1S/C18H15N3O6S/c1-9(22)27-7-12-8-28-17-13(16(24)21(17)14(12)18(25)26)20-15(23)11-4-2-10(6-19)3-5-11/h2-5,13,17H,7-8H2,1H3,(H,20,23)(H,25,26)/p-1/t13-,17-/m1/s1. The topological polar surface area (TPSA) is 140 Å².